The number of hydrogen-bond acceptors (Lipinski definition) is 4. The molecular weight excluding hydrogens is 314 g/mol. The summed E-state index contributed by atoms with van der Waals surface area (Å²) >= 11 is 5.20. The Balaban J connectivity index is 1.64. The molecule has 2 aliphatic carbocycles. The lowest BCUT2D eigenvalue weighted by Gasteiger charge is -2.18. The van der Waals surface area contributed by atoms with E-state index in [1.165, 1.54) is 5.01 Å². The number of rotatable bonds is 3. The van der Waals surface area contributed by atoms with Gasteiger partial charge in [0.05, 0.1) is 27.5 Å². The van der Waals surface area contributed by atoms with Crippen LogP contribution in [0.4, 0.5) is 0 Å². The Morgan fingerprint density at radius 1 is 1.56 bits per heavy atom. The molecule has 2 fully saturated rings. The van der Waals surface area contributed by atoms with Gasteiger partial charge in [0.2, 0.25) is 0 Å². The molecule has 3 rings (SSSR count). The third-order valence-electron chi connectivity index (χ3n) is 4.14. The third kappa shape index (κ3) is 2.23. The number of esters is 1. The maximum absolute atomic E-state index is 11.8. The van der Waals surface area contributed by atoms with Crippen molar-refractivity contribution in [1.82, 2.24) is 4.98 Å². The van der Waals surface area contributed by atoms with Crippen molar-refractivity contribution in [2.75, 3.05) is 6.61 Å². The molecule has 0 N–H and O–H groups in total. The maximum atomic E-state index is 11.8. The van der Waals surface area contributed by atoms with Gasteiger partial charge in [-0.3, -0.25) is 4.79 Å². The van der Waals surface area contributed by atoms with Gasteiger partial charge in [0.15, 0.2) is 0 Å². The molecule has 0 radical (unpaired) electrons. The first kappa shape index (κ1) is 12.6. The fraction of sp³-hybridized carbons (Fsp3) is 0.692. The van der Waals surface area contributed by atoms with Crippen LogP contribution in [0.25, 0.3) is 0 Å². The van der Waals surface area contributed by atoms with Crippen LogP contribution in [0.2, 0.25) is 0 Å². The lowest BCUT2D eigenvalue weighted by atomic mass is 9.89. The zero-order valence-electron chi connectivity index (χ0n) is 10.3. The van der Waals surface area contributed by atoms with Crippen LogP contribution in [0, 0.1) is 17.8 Å². The van der Waals surface area contributed by atoms with Gasteiger partial charge in [-0.15, -0.1) is 11.3 Å². The molecule has 2 aliphatic rings. The summed E-state index contributed by atoms with van der Waals surface area (Å²) < 4.78 is 6.23. The first-order valence-electron chi connectivity index (χ1n) is 6.48. The van der Waals surface area contributed by atoms with Crippen LogP contribution in [0.15, 0.2) is 9.98 Å². The fourth-order valence-electron chi connectivity index (χ4n) is 3.26. The number of hydrogen-bond donors (Lipinski definition) is 0. The van der Waals surface area contributed by atoms with Gasteiger partial charge in [-0.25, -0.2) is 4.98 Å². The van der Waals surface area contributed by atoms with E-state index in [1.54, 1.807) is 11.3 Å². The highest BCUT2D eigenvalue weighted by molar-refractivity contribution is 9.11. The minimum absolute atomic E-state index is 0.00178. The van der Waals surface area contributed by atoms with Gasteiger partial charge < -0.3 is 4.74 Å². The Hall–Kier alpha value is -0.420. The smallest absolute Gasteiger partial charge is 0.308 e. The minimum Gasteiger partial charge on any atom is -0.466 e. The summed E-state index contributed by atoms with van der Waals surface area (Å²) in [4.78, 5) is 16.2. The number of carbonyl (C=O) groups is 1. The minimum atomic E-state index is 0.00178. The highest BCUT2D eigenvalue weighted by Gasteiger charge is 2.55. The van der Waals surface area contributed by atoms with E-state index in [4.69, 9.17) is 4.74 Å². The second kappa shape index (κ2) is 4.93. The molecule has 0 spiro atoms. The van der Waals surface area contributed by atoms with Crippen LogP contribution in [0.1, 0.15) is 37.1 Å². The lowest BCUT2D eigenvalue weighted by Crippen LogP contribution is -2.21. The number of fused-ring (bicyclic) bond motifs is 1. The van der Waals surface area contributed by atoms with E-state index in [1.807, 2.05) is 13.1 Å². The SMILES string of the molecule is CCOC(=O)C1CCC2C(C1)C2c1ncc(Br)s1. The Labute approximate surface area is 119 Å². The molecule has 18 heavy (non-hydrogen) atoms. The maximum Gasteiger partial charge on any atom is 0.308 e. The molecule has 2 saturated carbocycles. The molecule has 0 saturated heterocycles. The topological polar surface area (TPSA) is 39.2 Å². The molecule has 98 valence electrons. The molecule has 0 bridgehead atoms. The van der Waals surface area contributed by atoms with E-state index >= 15 is 0 Å². The Kier molecular flexibility index (Phi) is 3.45. The van der Waals surface area contributed by atoms with E-state index in [9.17, 15) is 4.79 Å². The Morgan fingerprint density at radius 2 is 2.39 bits per heavy atom. The van der Waals surface area contributed by atoms with Crippen LogP contribution < -0.4 is 0 Å². The number of carbonyl (C=O) groups excluding carboxylic acids is 1. The molecule has 1 heterocycles. The summed E-state index contributed by atoms with van der Waals surface area (Å²) in [6.45, 7) is 2.36. The third-order valence-corrected chi connectivity index (χ3v) is 5.71. The average molecular weight is 330 g/mol. The lowest BCUT2D eigenvalue weighted by molar-refractivity contribution is -0.149. The number of ether oxygens (including phenoxy) is 1. The van der Waals surface area contributed by atoms with Gasteiger partial charge in [0.25, 0.3) is 0 Å². The monoisotopic (exact) mass is 329 g/mol. The van der Waals surface area contributed by atoms with Gasteiger partial charge in [-0.2, -0.15) is 0 Å². The molecule has 1 aromatic rings. The quantitative estimate of drug-likeness (QED) is 0.795. The van der Waals surface area contributed by atoms with E-state index in [0.717, 1.165) is 29.0 Å². The zero-order valence-corrected chi connectivity index (χ0v) is 12.7. The zero-order chi connectivity index (χ0) is 12.7. The number of thiazole rings is 1. The van der Waals surface area contributed by atoms with Crippen LogP contribution in [0.3, 0.4) is 0 Å². The molecule has 5 heteroatoms. The van der Waals surface area contributed by atoms with Gasteiger partial charge >= 0.3 is 5.97 Å². The van der Waals surface area contributed by atoms with Crippen LogP contribution in [-0.4, -0.2) is 17.6 Å². The second-order valence-electron chi connectivity index (χ2n) is 5.12. The van der Waals surface area contributed by atoms with Crippen molar-refractivity contribution >= 4 is 33.2 Å². The fourth-order valence-corrected chi connectivity index (χ4v) is 4.76. The molecule has 0 aromatic carbocycles. The molecular formula is C13H16BrNO2S. The molecule has 4 atom stereocenters. The first-order chi connectivity index (χ1) is 8.70. The summed E-state index contributed by atoms with van der Waals surface area (Å²) in [5.74, 6) is 2.14. The van der Waals surface area contributed by atoms with E-state index in [2.05, 4.69) is 20.9 Å². The molecule has 3 nitrogen and oxygen atoms in total. The van der Waals surface area contributed by atoms with Crippen LogP contribution >= 0.6 is 27.3 Å². The van der Waals surface area contributed by atoms with Crippen molar-refractivity contribution in [3.05, 3.63) is 15.0 Å². The second-order valence-corrected chi connectivity index (χ2v) is 7.56. The molecule has 0 amide bonds. The van der Waals surface area contributed by atoms with Crippen molar-refractivity contribution in [2.45, 2.75) is 32.1 Å². The normalized spacial score (nSPS) is 33.9. The molecule has 4 unspecified atom stereocenters. The van der Waals surface area contributed by atoms with Crippen molar-refractivity contribution in [2.24, 2.45) is 17.8 Å². The first-order valence-corrected chi connectivity index (χ1v) is 8.09. The van der Waals surface area contributed by atoms with Gasteiger partial charge in [0.1, 0.15) is 0 Å². The summed E-state index contributed by atoms with van der Waals surface area (Å²) in [5.41, 5.74) is 0. The summed E-state index contributed by atoms with van der Waals surface area (Å²) in [6, 6.07) is 0. The van der Waals surface area contributed by atoms with Gasteiger partial charge in [-0.1, -0.05) is 0 Å². The van der Waals surface area contributed by atoms with Crippen LogP contribution in [-0.2, 0) is 9.53 Å². The van der Waals surface area contributed by atoms with Gasteiger partial charge in [-0.05, 0) is 54.0 Å². The van der Waals surface area contributed by atoms with E-state index in [0.29, 0.717) is 18.4 Å². The molecule has 1 aromatic heterocycles. The highest BCUT2D eigenvalue weighted by atomic mass is 79.9. The van der Waals surface area contributed by atoms with Crippen molar-refractivity contribution < 1.29 is 9.53 Å². The largest absolute Gasteiger partial charge is 0.466 e. The summed E-state index contributed by atoms with van der Waals surface area (Å²) in [7, 11) is 0. The number of aromatic nitrogens is 1. The summed E-state index contributed by atoms with van der Waals surface area (Å²) in [5, 5.41) is 1.24. The van der Waals surface area contributed by atoms with Crippen molar-refractivity contribution in [3.8, 4) is 0 Å². The molecule has 0 aliphatic heterocycles. The van der Waals surface area contributed by atoms with Crippen molar-refractivity contribution in [3.63, 3.8) is 0 Å². The Morgan fingerprint density at radius 3 is 3.06 bits per heavy atom. The average Bonchev–Trinajstić information content (AvgIpc) is 2.93. The Bertz CT molecular complexity index is 462. The number of nitrogens with zero attached hydrogens (tertiary/aromatic N) is 1. The predicted molar refractivity (Wildman–Crippen MR) is 73.5 cm³/mol. The highest BCUT2D eigenvalue weighted by Crippen LogP contribution is 2.63. The van der Waals surface area contributed by atoms with Gasteiger partial charge in [0, 0.05) is 5.92 Å². The summed E-state index contributed by atoms with van der Waals surface area (Å²) in [6.07, 6.45) is 5.01. The predicted octanol–water partition coefficient (Wildman–Crippen LogP) is 3.60. The van der Waals surface area contributed by atoms with E-state index < -0.39 is 0 Å². The van der Waals surface area contributed by atoms with E-state index in [-0.39, 0.29) is 11.9 Å². The van der Waals surface area contributed by atoms with Crippen LogP contribution in [0.5, 0.6) is 0 Å². The number of halogens is 1. The standard InChI is InChI=1S/C13H16BrNO2S/c1-2-17-13(16)7-3-4-8-9(5-7)11(8)12-15-6-10(14)18-12/h6-9,11H,2-5H2,1H3. The van der Waals surface area contributed by atoms with Crippen molar-refractivity contribution in [1.29, 1.82) is 0 Å².